The fraction of sp³-hybridized carbons (Fsp3) is 0.130. The molecule has 0 spiro atoms. The molecule has 0 heterocycles. The van der Waals surface area contributed by atoms with Crippen LogP contribution in [-0.2, 0) is 10.0 Å². The van der Waals surface area contributed by atoms with Gasteiger partial charge in [0.1, 0.15) is 22.1 Å². The van der Waals surface area contributed by atoms with Crippen LogP contribution in [0.4, 0.5) is 5.69 Å². The highest BCUT2D eigenvalue weighted by Gasteiger charge is 2.24. The number of amides is 2. The monoisotopic (exact) mass is 597 g/mol. The Labute approximate surface area is 221 Å². The molecular weight excluding hydrogens is 578 g/mol. The molecule has 0 aliphatic heterocycles. The Morgan fingerprint density at radius 3 is 2.11 bits per heavy atom. The van der Waals surface area contributed by atoms with Gasteiger partial charge in [0.05, 0.1) is 37.6 Å². The molecule has 0 aliphatic rings. The summed E-state index contributed by atoms with van der Waals surface area (Å²) in [6, 6.07) is 13.2. The van der Waals surface area contributed by atoms with Gasteiger partial charge >= 0.3 is 0 Å². The Morgan fingerprint density at radius 1 is 0.833 bits per heavy atom. The first kappa shape index (κ1) is 27.1. The molecule has 36 heavy (non-hydrogen) atoms. The largest absolute Gasteiger partial charge is 0.495 e. The van der Waals surface area contributed by atoms with E-state index in [1.807, 2.05) is 0 Å². The Kier molecular flexibility index (Phi) is 8.66. The van der Waals surface area contributed by atoms with Crippen LogP contribution in [-0.4, -0.2) is 41.6 Å². The predicted molar refractivity (Wildman–Crippen MR) is 137 cm³/mol. The maximum atomic E-state index is 13.3. The minimum atomic E-state index is -4.29. The maximum Gasteiger partial charge on any atom is 0.270 e. The first-order valence-corrected chi connectivity index (χ1v) is 12.7. The van der Waals surface area contributed by atoms with E-state index in [1.54, 1.807) is 24.3 Å². The highest BCUT2D eigenvalue weighted by molar-refractivity contribution is 9.10. The SMILES string of the molecule is COc1cc(OC)c(NS(=O)(=O)c2cc(C(=O)NNC(=O)c3ccccc3Br)ccc2OC)cc1Cl. The van der Waals surface area contributed by atoms with Crippen molar-refractivity contribution in [2.24, 2.45) is 0 Å². The van der Waals surface area contributed by atoms with Gasteiger partial charge in [-0.15, -0.1) is 0 Å². The molecule has 10 nitrogen and oxygen atoms in total. The molecular formula is C23H21BrClN3O7S. The van der Waals surface area contributed by atoms with Crippen molar-refractivity contribution in [3.05, 3.63) is 75.2 Å². The number of halogens is 2. The molecule has 0 unspecified atom stereocenters. The van der Waals surface area contributed by atoms with Crippen molar-refractivity contribution in [1.82, 2.24) is 10.9 Å². The topological polar surface area (TPSA) is 132 Å². The fourth-order valence-corrected chi connectivity index (χ4v) is 5.03. The smallest absolute Gasteiger partial charge is 0.270 e. The molecule has 0 aromatic heterocycles. The summed E-state index contributed by atoms with van der Waals surface area (Å²) in [6.07, 6.45) is 0. The lowest BCUT2D eigenvalue weighted by atomic mass is 10.2. The third kappa shape index (κ3) is 6.01. The highest BCUT2D eigenvalue weighted by atomic mass is 79.9. The number of hydrogen-bond acceptors (Lipinski definition) is 7. The molecule has 3 N–H and O–H groups in total. The van der Waals surface area contributed by atoms with Crippen LogP contribution < -0.4 is 29.8 Å². The summed E-state index contributed by atoms with van der Waals surface area (Å²) in [6.45, 7) is 0. The molecule has 0 atom stereocenters. The van der Waals surface area contributed by atoms with Gasteiger partial charge in [0.25, 0.3) is 21.8 Å². The number of nitrogens with one attached hydrogen (secondary N) is 3. The average Bonchev–Trinajstić information content (AvgIpc) is 2.86. The Hall–Kier alpha value is -3.48. The predicted octanol–water partition coefficient (Wildman–Crippen LogP) is 4.00. The molecule has 3 rings (SSSR count). The zero-order chi connectivity index (χ0) is 26.5. The Morgan fingerprint density at radius 2 is 1.47 bits per heavy atom. The van der Waals surface area contributed by atoms with Gasteiger partial charge in [0, 0.05) is 16.1 Å². The van der Waals surface area contributed by atoms with E-state index in [9.17, 15) is 18.0 Å². The molecule has 2 amide bonds. The van der Waals surface area contributed by atoms with Crippen LogP contribution in [0, 0.1) is 0 Å². The summed E-state index contributed by atoms with van der Waals surface area (Å²) in [5.74, 6) is -0.892. The average molecular weight is 599 g/mol. The molecule has 13 heteroatoms. The van der Waals surface area contributed by atoms with E-state index in [0.717, 1.165) is 6.07 Å². The number of anilines is 1. The summed E-state index contributed by atoms with van der Waals surface area (Å²) >= 11 is 9.40. The Balaban J connectivity index is 1.87. The third-order valence-corrected chi connectivity index (χ3v) is 7.22. The number of ether oxygens (including phenoxy) is 3. The number of sulfonamides is 1. The quantitative estimate of drug-likeness (QED) is 0.334. The van der Waals surface area contributed by atoms with Gasteiger partial charge in [-0.3, -0.25) is 25.2 Å². The van der Waals surface area contributed by atoms with Crippen LogP contribution >= 0.6 is 27.5 Å². The van der Waals surface area contributed by atoms with Crippen LogP contribution in [0.5, 0.6) is 17.2 Å². The summed E-state index contributed by atoms with van der Waals surface area (Å²) in [4.78, 5) is 24.7. The van der Waals surface area contributed by atoms with Gasteiger partial charge in [-0.05, 0) is 52.3 Å². The number of benzene rings is 3. The molecule has 0 fully saturated rings. The highest BCUT2D eigenvalue weighted by Crippen LogP contribution is 2.37. The summed E-state index contributed by atoms with van der Waals surface area (Å²) in [5, 5.41) is 0.150. The Bertz CT molecular complexity index is 1420. The van der Waals surface area contributed by atoms with Crippen molar-refractivity contribution in [2.75, 3.05) is 26.1 Å². The molecule has 0 radical (unpaired) electrons. The minimum Gasteiger partial charge on any atom is -0.495 e. The number of rotatable bonds is 8. The second-order valence-corrected chi connectivity index (χ2v) is 9.96. The lowest BCUT2D eigenvalue weighted by Gasteiger charge is -2.16. The van der Waals surface area contributed by atoms with E-state index < -0.39 is 21.8 Å². The first-order chi connectivity index (χ1) is 17.1. The third-order valence-electron chi connectivity index (χ3n) is 4.84. The number of methoxy groups -OCH3 is 3. The van der Waals surface area contributed by atoms with E-state index >= 15 is 0 Å². The van der Waals surface area contributed by atoms with Crippen LogP contribution in [0.15, 0.2) is 64.0 Å². The van der Waals surface area contributed by atoms with Crippen molar-refractivity contribution in [1.29, 1.82) is 0 Å². The minimum absolute atomic E-state index is 0.0186. The van der Waals surface area contributed by atoms with Crippen molar-refractivity contribution < 1.29 is 32.2 Å². The summed E-state index contributed by atoms with van der Waals surface area (Å²) < 4.78 is 45.0. The van der Waals surface area contributed by atoms with Crippen molar-refractivity contribution in [2.45, 2.75) is 4.90 Å². The molecule has 0 aliphatic carbocycles. The van der Waals surface area contributed by atoms with E-state index in [2.05, 4.69) is 31.5 Å². The van der Waals surface area contributed by atoms with E-state index in [1.165, 1.54) is 45.6 Å². The first-order valence-electron chi connectivity index (χ1n) is 10.1. The summed E-state index contributed by atoms with van der Waals surface area (Å²) in [5.41, 5.74) is 4.84. The lowest BCUT2D eigenvalue weighted by Crippen LogP contribution is -2.41. The van der Waals surface area contributed by atoms with Crippen molar-refractivity contribution in [3.8, 4) is 17.2 Å². The molecule has 3 aromatic rings. The van der Waals surface area contributed by atoms with Crippen LogP contribution in [0.2, 0.25) is 5.02 Å². The normalized spacial score (nSPS) is 10.8. The van der Waals surface area contributed by atoms with Crippen LogP contribution in [0.25, 0.3) is 0 Å². The van der Waals surface area contributed by atoms with Crippen LogP contribution in [0.1, 0.15) is 20.7 Å². The van der Waals surface area contributed by atoms with Crippen molar-refractivity contribution >= 4 is 55.1 Å². The van der Waals surface area contributed by atoms with E-state index in [4.69, 9.17) is 25.8 Å². The maximum absolute atomic E-state index is 13.3. The second kappa shape index (κ2) is 11.5. The number of carbonyl (C=O) groups is 2. The van der Waals surface area contributed by atoms with E-state index in [0.29, 0.717) is 10.0 Å². The zero-order valence-corrected chi connectivity index (χ0v) is 22.4. The van der Waals surface area contributed by atoms with Gasteiger partial charge in [-0.25, -0.2) is 8.42 Å². The fourth-order valence-electron chi connectivity index (χ4n) is 3.07. The second-order valence-electron chi connectivity index (χ2n) is 7.05. The zero-order valence-electron chi connectivity index (χ0n) is 19.2. The summed E-state index contributed by atoms with van der Waals surface area (Å²) in [7, 11) is -0.235. The van der Waals surface area contributed by atoms with Gasteiger partial charge in [-0.2, -0.15) is 0 Å². The van der Waals surface area contributed by atoms with Gasteiger partial charge < -0.3 is 14.2 Å². The number of carbonyl (C=O) groups excluding carboxylic acids is 2. The molecule has 0 saturated carbocycles. The standard InChI is InChI=1S/C23H21BrClN3O7S/c1-33-18-9-8-13(22(29)26-27-23(30)14-6-4-5-7-15(14)24)10-21(18)36(31,32)28-17-11-16(25)19(34-2)12-20(17)35-3/h4-12,28H,1-3H3,(H,26,29)(H,27,30). The lowest BCUT2D eigenvalue weighted by molar-refractivity contribution is 0.0846. The van der Waals surface area contributed by atoms with Gasteiger partial charge in [-0.1, -0.05) is 23.7 Å². The molecule has 0 saturated heterocycles. The van der Waals surface area contributed by atoms with Crippen molar-refractivity contribution in [3.63, 3.8) is 0 Å². The van der Waals surface area contributed by atoms with E-state index in [-0.39, 0.29) is 38.4 Å². The molecule has 3 aromatic carbocycles. The molecule has 190 valence electrons. The number of hydrogen-bond donors (Lipinski definition) is 3. The number of hydrazine groups is 1. The molecule has 0 bridgehead atoms. The van der Waals surface area contributed by atoms with Gasteiger partial charge in [0.15, 0.2) is 0 Å². The van der Waals surface area contributed by atoms with Gasteiger partial charge in [0.2, 0.25) is 0 Å². The van der Waals surface area contributed by atoms with Crippen LogP contribution in [0.3, 0.4) is 0 Å².